The van der Waals surface area contributed by atoms with E-state index in [0.29, 0.717) is 25.3 Å². The predicted molar refractivity (Wildman–Crippen MR) is 76.3 cm³/mol. The minimum atomic E-state index is -0.984. The second-order valence-electron chi connectivity index (χ2n) is 5.57. The number of amides is 1. The number of benzene rings is 1. The molecule has 0 aromatic heterocycles. The molecule has 116 valence electrons. The fourth-order valence-electron chi connectivity index (χ4n) is 2.56. The maximum atomic E-state index is 13.1. The molecular weight excluding hydrogens is 275 g/mol. The quantitative estimate of drug-likeness (QED) is 0.818. The van der Waals surface area contributed by atoms with Crippen LogP contribution >= 0.6 is 0 Å². The zero-order valence-corrected chi connectivity index (χ0v) is 11.9. The molecule has 0 spiro atoms. The number of likely N-dealkylation sites (tertiary alicyclic amines) is 1. The van der Waals surface area contributed by atoms with Crippen LogP contribution in [0, 0.1) is 5.82 Å². The number of hydrogen-bond donors (Lipinski definition) is 2. The van der Waals surface area contributed by atoms with Crippen molar-refractivity contribution in [2.24, 2.45) is 5.73 Å². The van der Waals surface area contributed by atoms with Crippen molar-refractivity contribution in [2.45, 2.75) is 24.9 Å². The van der Waals surface area contributed by atoms with Crippen molar-refractivity contribution >= 4 is 5.91 Å². The number of rotatable bonds is 6. The highest BCUT2D eigenvalue weighted by atomic mass is 19.1. The Morgan fingerprint density at radius 2 is 2.33 bits per heavy atom. The van der Waals surface area contributed by atoms with Gasteiger partial charge in [-0.25, -0.2) is 4.39 Å². The highest BCUT2D eigenvalue weighted by molar-refractivity contribution is 5.73. The van der Waals surface area contributed by atoms with Crippen molar-refractivity contribution in [3.63, 3.8) is 0 Å². The first-order chi connectivity index (χ1) is 9.97. The van der Waals surface area contributed by atoms with E-state index in [-0.39, 0.29) is 24.8 Å². The monoisotopic (exact) mass is 296 g/mol. The normalized spacial score (nSPS) is 23.0. The third-order valence-corrected chi connectivity index (χ3v) is 3.61. The van der Waals surface area contributed by atoms with Crippen LogP contribution in [0.1, 0.15) is 19.3 Å². The number of nitrogens with two attached hydrogens (primary N) is 1. The lowest BCUT2D eigenvalue weighted by molar-refractivity contribution is -0.119. The fourth-order valence-corrected chi connectivity index (χ4v) is 2.56. The van der Waals surface area contributed by atoms with Gasteiger partial charge in [0.25, 0.3) is 0 Å². The van der Waals surface area contributed by atoms with Gasteiger partial charge in [0, 0.05) is 25.6 Å². The number of hydrogen-bond acceptors (Lipinski definition) is 4. The number of halogens is 1. The molecule has 1 heterocycles. The van der Waals surface area contributed by atoms with E-state index in [9.17, 15) is 14.3 Å². The lowest BCUT2D eigenvalue weighted by Crippen LogP contribution is -2.52. The molecule has 1 aliphatic rings. The van der Waals surface area contributed by atoms with Gasteiger partial charge < -0.3 is 15.6 Å². The van der Waals surface area contributed by atoms with Gasteiger partial charge in [0.05, 0.1) is 0 Å². The van der Waals surface area contributed by atoms with Gasteiger partial charge in [-0.05, 0) is 31.5 Å². The number of ether oxygens (including phenoxy) is 1. The first-order valence-corrected chi connectivity index (χ1v) is 7.08. The van der Waals surface area contributed by atoms with Gasteiger partial charge in [-0.2, -0.15) is 0 Å². The maximum Gasteiger partial charge on any atom is 0.218 e. The Hall–Kier alpha value is -1.66. The summed E-state index contributed by atoms with van der Waals surface area (Å²) in [7, 11) is 0. The molecule has 1 amide bonds. The molecule has 1 atom stereocenters. The highest BCUT2D eigenvalue weighted by Gasteiger charge is 2.34. The van der Waals surface area contributed by atoms with Crippen LogP contribution in [-0.2, 0) is 4.79 Å². The van der Waals surface area contributed by atoms with Crippen molar-refractivity contribution < 1.29 is 19.0 Å². The number of nitrogens with zero attached hydrogens (tertiary/aromatic N) is 1. The molecule has 1 aromatic rings. The van der Waals surface area contributed by atoms with E-state index in [1.54, 1.807) is 12.1 Å². The Morgan fingerprint density at radius 1 is 1.52 bits per heavy atom. The summed E-state index contributed by atoms with van der Waals surface area (Å²) in [6.07, 6.45) is 1.72. The van der Waals surface area contributed by atoms with E-state index in [4.69, 9.17) is 10.5 Å². The molecule has 1 aliphatic heterocycles. The van der Waals surface area contributed by atoms with Crippen molar-refractivity contribution in [1.29, 1.82) is 0 Å². The smallest absolute Gasteiger partial charge is 0.218 e. The Kier molecular flexibility index (Phi) is 5.14. The molecule has 1 aromatic carbocycles. The van der Waals surface area contributed by atoms with Crippen molar-refractivity contribution in [3.8, 4) is 5.75 Å². The van der Waals surface area contributed by atoms with E-state index in [1.807, 2.05) is 4.90 Å². The van der Waals surface area contributed by atoms with Crippen LogP contribution in [0.4, 0.5) is 4.39 Å². The van der Waals surface area contributed by atoms with E-state index in [1.165, 1.54) is 12.1 Å². The SMILES string of the molecule is NC(=O)CCN1CCCC(O)(COc2cccc(F)c2)C1. The largest absolute Gasteiger partial charge is 0.490 e. The zero-order valence-electron chi connectivity index (χ0n) is 11.9. The summed E-state index contributed by atoms with van der Waals surface area (Å²) >= 11 is 0. The third-order valence-electron chi connectivity index (χ3n) is 3.61. The molecule has 2 rings (SSSR count). The number of aliphatic hydroxyl groups is 1. The first kappa shape index (κ1) is 15.7. The predicted octanol–water partition coefficient (Wildman–Crippen LogP) is 0.907. The average molecular weight is 296 g/mol. The maximum absolute atomic E-state index is 13.1. The third kappa shape index (κ3) is 4.99. The number of piperidine rings is 1. The molecule has 3 N–H and O–H groups in total. The Balaban J connectivity index is 1.87. The molecule has 0 aliphatic carbocycles. The van der Waals surface area contributed by atoms with Crippen LogP contribution in [-0.4, -0.2) is 47.8 Å². The standard InChI is InChI=1S/C15H21FN2O3/c16-12-3-1-4-13(9-12)21-11-15(20)6-2-7-18(10-15)8-5-14(17)19/h1,3-4,9,20H,2,5-8,10-11H2,(H2,17,19). The molecule has 0 radical (unpaired) electrons. The zero-order chi connectivity index (χ0) is 15.3. The van der Waals surface area contributed by atoms with Crippen LogP contribution in [0.25, 0.3) is 0 Å². The summed E-state index contributed by atoms with van der Waals surface area (Å²) in [5, 5.41) is 10.6. The molecular formula is C15H21FN2O3. The van der Waals surface area contributed by atoms with Gasteiger partial charge in [-0.15, -0.1) is 0 Å². The van der Waals surface area contributed by atoms with E-state index in [2.05, 4.69) is 0 Å². The van der Waals surface area contributed by atoms with Crippen LogP contribution in [0.3, 0.4) is 0 Å². The fraction of sp³-hybridized carbons (Fsp3) is 0.533. The second kappa shape index (κ2) is 6.87. The lowest BCUT2D eigenvalue weighted by atomic mass is 9.93. The van der Waals surface area contributed by atoms with Gasteiger partial charge >= 0.3 is 0 Å². The van der Waals surface area contributed by atoms with Gasteiger partial charge in [0.15, 0.2) is 0 Å². The number of β-amino-alcohol motifs (C(OH)–C–C–N with tert-alkyl or cyclic N) is 1. The van der Waals surface area contributed by atoms with Crippen molar-refractivity contribution in [2.75, 3.05) is 26.2 Å². The van der Waals surface area contributed by atoms with Gasteiger partial charge in [0.2, 0.25) is 5.91 Å². The average Bonchev–Trinajstić information content (AvgIpc) is 2.43. The van der Waals surface area contributed by atoms with E-state index < -0.39 is 5.60 Å². The number of carbonyl (C=O) groups excluding carboxylic acids is 1. The van der Waals surface area contributed by atoms with Gasteiger partial charge in [0.1, 0.15) is 23.8 Å². The molecule has 0 bridgehead atoms. The summed E-state index contributed by atoms with van der Waals surface area (Å²) in [5.74, 6) is -0.316. The summed E-state index contributed by atoms with van der Waals surface area (Å²) in [5.41, 5.74) is 4.15. The molecule has 5 nitrogen and oxygen atoms in total. The summed E-state index contributed by atoms with van der Waals surface area (Å²) in [6.45, 7) is 1.90. The van der Waals surface area contributed by atoms with Gasteiger partial charge in [-0.3, -0.25) is 9.69 Å². The first-order valence-electron chi connectivity index (χ1n) is 7.08. The Labute approximate surface area is 123 Å². The minimum absolute atomic E-state index is 0.101. The van der Waals surface area contributed by atoms with Crippen LogP contribution in [0.5, 0.6) is 5.75 Å². The molecule has 6 heteroatoms. The lowest BCUT2D eigenvalue weighted by Gasteiger charge is -2.38. The van der Waals surface area contributed by atoms with Crippen molar-refractivity contribution in [1.82, 2.24) is 4.90 Å². The second-order valence-corrected chi connectivity index (χ2v) is 5.57. The molecule has 1 fully saturated rings. The Bertz CT molecular complexity index is 498. The summed E-state index contributed by atoms with van der Waals surface area (Å²) in [6, 6.07) is 5.85. The molecule has 0 saturated carbocycles. The number of primary amides is 1. The molecule has 1 saturated heterocycles. The minimum Gasteiger partial charge on any atom is -0.490 e. The highest BCUT2D eigenvalue weighted by Crippen LogP contribution is 2.23. The molecule has 1 unspecified atom stereocenters. The van der Waals surface area contributed by atoms with E-state index in [0.717, 1.165) is 13.0 Å². The summed E-state index contributed by atoms with van der Waals surface area (Å²) in [4.78, 5) is 12.8. The van der Waals surface area contributed by atoms with E-state index >= 15 is 0 Å². The van der Waals surface area contributed by atoms with Crippen LogP contribution in [0.2, 0.25) is 0 Å². The van der Waals surface area contributed by atoms with Crippen LogP contribution in [0.15, 0.2) is 24.3 Å². The Morgan fingerprint density at radius 3 is 3.05 bits per heavy atom. The molecule has 21 heavy (non-hydrogen) atoms. The topological polar surface area (TPSA) is 75.8 Å². The number of carbonyl (C=O) groups is 1. The summed E-state index contributed by atoms with van der Waals surface area (Å²) < 4.78 is 18.6. The van der Waals surface area contributed by atoms with Gasteiger partial charge in [-0.1, -0.05) is 6.07 Å². The van der Waals surface area contributed by atoms with Crippen LogP contribution < -0.4 is 10.5 Å². The van der Waals surface area contributed by atoms with Crippen molar-refractivity contribution in [3.05, 3.63) is 30.1 Å².